The molecule has 0 fully saturated rings. The molecule has 0 atom stereocenters. The molecule has 2 aromatic carbocycles. The number of aromatic nitrogens is 2. The van der Waals surface area contributed by atoms with Gasteiger partial charge >= 0.3 is 5.97 Å². The number of amides is 1. The Bertz CT molecular complexity index is 1010. The fourth-order valence-corrected chi connectivity index (χ4v) is 2.27. The van der Waals surface area contributed by atoms with Gasteiger partial charge in [-0.15, -0.1) is 0 Å². The van der Waals surface area contributed by atoms with Crippen LogP contribution in [0.25, 0.3) is 11.4 Å². The number of nitrogens with two attached hydrogens (primary N) is 1. The molecular weight excluding hydrogens is 391 g/mol. The van der Waals surface area contributed by atoms with Gasteiger partial charge in [0.05, 0.1) is 0 Å². The number of ether oxygens (including phenoxy) is 1. The van der Waals surface area contributed by atoms with Gasteiger partial charge in [0.25, 0.3) is 5.91 Å². The summed E-state index contributed by atoms with van der Waals surface area (Å²) in [5.41, 5.74) is 5.80. The third-order valence-electron chi connectivity index (χ3n) is 3.56. The number of carbonyl (C=O) groups excluding carboxylic acids is 1. The van der Waals surface area contributed by atoms with Gasteiger partial charge in [-0.25, -0.2) is 14.4 Å². The van der Waals surface area contributed by atoms with Crippen LogP contribution in [0.3, 0.4) is 0 Å². The molecule has 0 saturated carbocycles. The smallest absolute Gasteiger partial charge is 0.322 e. The molecule has 0 spiro atoms. The van der Waals surface area contributed by atoms with E-state index in [1.54, 1.807) is 24.3 Å². The van der Waals surface area contributed by atoms with Gasteiger partial charge in [-0.1, -0.05) is 13.8 Å². The van der Waals surface area contributed by atoms with Gasteiger partial charge in [-0.3, -0.25) is 9.59 Å². The van der Waals surface area contributed by atoms with Gasteiger partial charge in [-0.2, -0.15) is 0 Å². The number of carboxylic acid groups (broad SMARTS) is 1. The Kier molecular flexibility index (Phi) is 7.81. The quantitative estimate of drug-likeness (QED) is 0.540. The van der Waals surface area contributed by atoms with E-state index >= 15 is 0 Å². The fourth-order valence-electron chi connectivity index (χ4n) is 2.27. The predicted molar refractivity (Wildman–Crippen MR) is 110 cm³/mol. The Hall–Kier alpha value is -4.01. The molecule has 0 aliphatic carbocycles. The van der Waals surface area contributed by atoms with Crippen LogP contribution in [0, 0.1) is 5.82 Å². The summed E-state index contributed by atoms with van der Waals surface area (Å²) in [6, 6.07) is 13.5. The maximum Gasteiger partial charge on any atom is 0.322 e. The molecular formula is C21H21FN4O4. The average Bonchev–Trinajstić information content (AvgIpc) is 2.75. The third kappa shape index (κ3) is 6.26. The van der Waals surface area contributed by atoms with Crippen molar-refractivity contribution in [3.05, 3.63) is 66.1 Å². The Balaban J connectivity index is 0.00000155. The first-order valence-electron chi connectivity index (χ1n) is 9.09. The summed E-state index contributed by atoms with van der Waals surface area (Å²) in [5.74, 6) is -0.875. The van der Waals surface area contributed by atoms with Crippen LogP contribution in [0.1, 0.15) is 24.3 Å². The number of nitrogens with one attached hydrogen (secondary N) is 1. The van der Waals surface area contributed by atoms with E-state index < -0.39 is 11.9 Å². The number of aliphatic carboxylic acids is 1. The Labute approximate surface area is 172 Å². The van der Waals surface area contributed by atoms with E-state index in [0.29, 0.717) is 17.1 Å². The molecule has 8 nitrogen and oxygen atoms in total. The van der Waals surface area contributed by atoms with E-state index in [4.69, 9.17) is 15.6 Å². The van der Waals surface area contributed by atoms with Crippen molar-refractivity contribution in [2.45, 2.75) is 13.8 Å². The molecule has 3 aromatic rings. The molecule has 4 N–H and O–H groups in total. The van der Waals surface area contributed by atoms with E-state index in [1.807, 2.05) is 13.8 Å². The maximum atomic E-state index is 12.9. The highest BCUT2D eigenvalue weighted by molar-refractivity contribution is 5.92. The number of halogens is 1. The second kappa shape index (κ2) is 10.5. The highest BCUT2D eigenvalue weighted by Gasteiger charge is 2.11. The van der Waals surface area contributed by atoms with Crippen molar-refractivity contribution >= 4 is 17.7 Å². The molecule has 0 unspecified atom stereocenters. The normalized spacial score (nSPS) is 9.83. The number of benzene rings is 2. The highest BCUT2D eigenvalue weighted by Crippen LogP contribution is 2.25. The largest absolute Gasteiger partial charge is 0.480 e. The lowest BCUT2D eigenvalue weighted by atomic mass is 10.2. The number of hydrogen-bond donors (Lipinski definition) is 3. The molecule has 3 rings (SSSR count). The average molecular weight is 412 g/mol. The SMILES string of the molecule is CC.NC(=O)c1cc(NCC(=O)O)nc(-c2ccc(Oc3ccc(F)cc3)cc2)n1. The van der Waals surface area contributed by atoms with E-state index in [-0.39, 0.29) is 29.7 Å². The van der Waals surface area contributed by atoms with E-state index in [0.717, 1.165) is 0 Å². The van der Waals surface area contributed by atoms with Crippen LogP contribution < -0.4 is 15.8 Å². The molecule has 30 heavy (non-hydrogen) atoms. The zero-order chi connectivity index (χ0) is 22.1. The lowest BCUT2D eigenvalue weighted by Gasteiger charge is -2.09. The summed E-state index contributed by atoms with van der Waals surface area (Å²) in [5, 5.41) is 11.4. The summed E-state index contributed by atoms with van der Waals surface area (Å²) in [7, 11) is 0. The Morgan fingerprint density at radius 2 is 1.60 bits per heavy atom. The monoisotopic (exact) mass is 412 g/mol. The van der Waals surface area contributed by atoms with Crippen LogP contribution in [0.4, 0.5) is 10.2 Å². The number of carbonyl (C=O) groups is 2. The highest BCUT2D eigenvalue weighted by atomic mass is 19.1. The number of carboxylic acids is 1. The number of anilines is 1. The van der Waals surface area contributed by atoms with E-state index in [2.05, 4.69) is 15.3 Å². The minimum atomic E-state index is -1.08. The van der Waals surface area contributed by atoms with Crippen LogP contribution in [-0.4, -0.2) is 33.5 Å². The lowest BCUT2D eigenvalue weighted by molar-refractivity contribution is -0.134. The number of primary amides is 1. The van der Waals surface area contributed by atoms with E-state index in [1.165, 1.54) is 30.3 Å². The molecule has 9 heteroatoms. The van der Waals surface area contributed by atoms with Gasteiger partial charge in [0.15, 0.2) is 5.82 Å². The molecule has 0 aliphatic heterocycles. The summed E-state index contributed by atoms with van der Waals surface area (Å²) in [6.07, 6.45) is 0. The zero-order valence-electron chi connectivity index (χ0n) is 16.4. The van der Waals surface area contributed by atoms with Gasteiger partial charge in [0.1, 0.15) is 35.4 Å². The topological polar surface area (TPSA) is 127 Å². The van der Waals surface area contributed by atoms with Crippen molar-refractivity contribution < 1.29 is 23.8 Å². The van der Waals surface area contributed by atoms with Crippen molar-refractivity contribution in [2.75, 3.05) is 11.9 Å². The van der Waals surface area contributed by atoms with Gasteiger partial charge in [0.2, 0.25) is 0 Å². The first kappa shape index (κ1) is 22.3. The van der Waals surface area contributed by atoms with Crippen LogP contribution in [0.2, 0.25) is 0 Å². The second-order valence-electron chi connectivity index (χ2n) is 5.65. The van der Waals surface area contributed by atoms with Gasteiger partial charge in [0, 0.05) is 11.6 Å². The molecule has 0 radical (unpaired) electrons. The summed E-state index contributed by atoms with van der Waals surface area (Å²) >= 11 is 0. The molecule has 0 saturated heterocycles. The minimum absolute atomic E-state index is 0.0514. The van der Waals surface area contributed by atoms with Crippen molar-refractivity contribution in [3.8, 4) is 22.9 Å². The molecule has 1 heterocycles. The minimum Gasteiger partial charge on any atom is -0.480 e. The van der Waals surface area contributed by atoms with Gasteiger partial charge < -0.3 is 20.9 Å². The standard InChI is InChI=1S/C19H15FN4O4.C2H6/c20-12-3-7-14(8-4-12)28-13-5-1-11(2-6-13)19-23-15(18(21)27)9-16(24-19)22-10-17(25)26;1-2/h1-9H,10H2,(H2,21,27)(H,25,26)(H,22,23,24);1-2H3. The maximum absolute atomic E-state index is 12.9. The fraction of sp³-hybridized carbons (Fsp3) is 0.143. The zero-order valence-corrected chi connectivity index (χ0v) is 16.4. The molecule has 1 aromatic heterocycles. The number of rotatable bonds is 7. The summed E-state index contributed by atoms with van der Waals surface area (Å²) in [6.45, 7) is 3.62. The first-order chi connectivity index (χ1) is 14.4. The number of nitrogens with zero attached hydrogens (tertiary/aromatic N) is 2. The van der Waals surface area contributed by atoms with Crippen molar-refractivity contribution in [1.29, 1.82) is 0 Å². The molecule has 156 valence electrons. The Morgan fingerprint density at radius 1 is 1.03 bits per heavy atom. The lowest BCUT2D eigenvalue weighted by Crippen LogP contribution is -2.17. The second-order valence-corrected chi connectivity index (χ2v) is 5.65. The summed E-state index contributed by atoms with van der Waals surface area (Å²) in [4.78, 5) is 30.5. The van der Waals surface area contributed by atoms with Crippen LogP contribution in [0.15, 0.2) is 54.6 Å². The van der Waals surface area contributed by atoms with Crippen LogP contribution >= 0.6 is 0 Å². The van der Waals surface area contributed by atoms with E-state index in [9.17, 15) is 14.0 Å². The number of hydrogen-bond acceptors (Lipinski definition) is 6. The van der Waals surface area contributed by atoms with Gasteiger partial charge in [-0.05, 0) is 48.5 Å². The molecule has 1 amide bonds. The third-order valence-corrected chi connectivity index (χ3v) is 3.56. The van der Waals surface area contributed by atoms with Crippen molar-refractivity contribution in [3.63, 3.8) is 0 Å². The van der Waals surface area contributed by atoms with Crippen LogP contribution in [0.5, 0.6) is 11.5 Å². The summed E-state index contributed by atoms with van der Waals surface area (Å²) < 4.78 is 18.6. The van der Waals surface area contributed by atoms with Crippen molar-refractivity contribution in [2.24, 2.45) is 5.73 Å². The first-order valence-corrected chi connectivity index (χ1v) is 9.09. The van der Waals surface area contributed by atoms with Crippen LogP contribution in [-0.2, 0) is 4.79 Å². The van der Waals surface area contributed by atoms with Crippen molar-refractivity contribution in [1.82, 2.24) is 9.97 Å². The Morgan fingerprint density at radius 3 is 2.13 bits per heavy atom. The predicted octanol–water partition coefficient (Wildman–Crippen LogP) is 3.70. The molecule has 0 bridgehead atoms. The molecule has 0 aliphatic rings.